The molecule has 1 N–H and O–H groups in total. The molecule has 116 valence electrons. The van der Waals surface area contributed by atoms with Crippen molar-refractivity contribution in [2.75, 3.05) is 6.79 Å². The van der Waals surface area contributed by atoms with Crippen LogP contribution in [0.25, 0.3) is 0 Å². The molecule has 0 saturated heterocycles. The summed E-state index contributed by atoms with van der Waals surface area (Å²) < 4.78 is 10.8. The topological polar surface area (TPSA) is 30.5 Å². The molecule has 1 heterocycles. The van der Waals surface area contributed by atoms with E-state index in [4.69, 9.17) is 9.47 Å². The van der Waals surface area contributed by atoms with Gasteiger partial charge >= 0.3 is 0 Å². The second-order valence-corrected chi connectivity index (χ2v) is 6.08. The summed E-state index contributed by atoms with van der Waals surface area (Å²) >= 11 is 0. The molecule has 0 spiro atoms. The number of rotatable bonds is 4. The zero-order valence-corrected chi connectivity index (χ0v) is 13.7. The van der Waals surface area contributed by atoms with Crippen LogP contribution in [0.3, 0.4) is 0 Å². The Bertz CT molecular complexity index is 694. The highest BCUT2D eigenvalue weighted by Crippen LogP contribution is 2.32. The molecule has 22 heavy (non-hydrogen) atoms. The molecule has 2 aromatic carbocycles. The van der Waals surface area contributed by atoms with Gasteiger partial charge in [-0.1, -0.05) is 18.2 Å². The molecule has 0 radical (unpaired) electrons. The molecule has 3 heteroatoms. The van der Waals surface area contributed by atoms with Crippen LogP contribution in [0.15, 0.2) is 30.3 Å². The summed E-state index contributed by atoms with van der Waals surface area (Å²) in [6.45, 7) is 9.86. The normalized spacial score (nSPS) is 14.2. The van der Waals surface area contributed by atoms with E-state index in [0.29, 0.717) is 12.8 Å². The molecule has 0 aromatic heterocycles. The molecular weight excluding hydrogens is 274 g/mol. The largest absolute Gasteiger partial charge is 0.454 e. The van der Waals surface area contributed by atoms with E-state index < -0.39 is 0 Å². The standard InChI is InChI=1S/C19H23NO2/c1-12-7-14(3)17(8-13(12)2)15(4)20-10-16-5-6-18-19(9-16)22-11-21-18/h5-9,15,20H,10-11H2,1-4H3. The van der Waals surface area contributed by atoms with E-state index in [0.717, 1.165) is 18.0 Å². The summed E-state index contributed by atoms with van der Waals surface area (Å²) in [5.74, 6) is 1.68. The molecule has 1 unspecified atom stereocenters. The van der Waals surface area contributed by atoms with E-state index >= 15 is 0 Å². The van der Waals surface area contributed by atoms with Crippen LogP contribution in [0.1, 0.15) is 40.8 Å². The monoisotopic (exact) mass is 297 g/mol. The van der Waals surface area contributed by atoms with Crippen LogP contribution in [-0.2, 0) is 6.54 Å². The Morgan fingerprint density at radius 2 is 1.68 bits per heavy atom. The highest BCUT2D eigenvalue weighted by Gasteiger charge is 2.14. The van der Waals surface area contributed by atoms with Gasteiger partial charge in [0.2, 0.25) is 6.79 Å². The van der Waals surface area contributed by atoms with Crippen molar-refractivity contribution in [2.24, 2.45) is 0 Å². The maximum atomic E-state index is 5.43. The Hall–Kier alpha value is -2.00. The Kier molecular flexibility index (Phi) is 4.08. The first-order chi connectivity index (χ1) is 10.5. The lowest BCUT2D eigenvalue weighted by Gasteiger charge is -2.18. The molecule has 3 nitrogen and oxygen atoms in total. The van der Waals surface area contributed by atoms with Crippen molar-refractivity contribution in [3.63, 3.8) is 0 Å². The van der Waals surface area contributed by atoms with Crippen molar-refractivity contribution in [3.05, 3.63) is 58.1 Å². The molecule has 2 aromatic rings. The van der Waals surface area contributed by atoms with Gasteiger partial charge in [-0.25, -0.2) is 0 Å². The molecule has 1 aliphatic heterocycles. The highest BCUT2D eigenvalue weighted by molar-refractivity contribution is 5.44. The SMILES string of the molecule is Cc1cc(C)c(C(C)NCc2ccc3c(c2)OCO3)cc1C. The Morgan fingerprint density at radius 3 is 2.50 bits per heavy atom. The van der Waals surface area contributed by atoms with Gasteiger partial charge in [-0.2, -0.15) is 0 Å². The van der Waals surface area contributed by atoms with Gasteiger partial charge in [-0.15, -0.1) is 0 Å². The number of benzene rings is 2. The molecule has 3 rings (SSSR count). The van der Waals surface area contributed by atoms with Crippen LogP contribution in [0.4, 0.5) is 0 Å². The van der Waals surface area contributed by atoms with Gasteiger partial charge in [0.05, 0.1) is 0 Å². The molecule has 0 saturated carbocycles. The van der Waals surface area contributed by atoms with E-state index in [1.807, 2.05) is 6.07 Å². The quantitative estimate of drug-likeness (QED) is 0.918. The molecule has 0 aliphatic carbocycles. The van der Waals surface area contributed by atoms with Gasteiger partial charge in [0.25, 0.3) is 0 Å². The van der Waals surface area contributed by atoms with Crippen LogP contribution in [-0.4, -0.2) is 6.79 Å². The van der Waals surface area contributed by atoms with Gasteiger partial charge in [-0.05, 0) is 67.6 Å². The first kappa shape index (κ1) is 14.9. The fourth-order valence-corrected chi connectivity index (χ4v) is 2.88. The number of hydrogen-bond donors (Lipinski definition) is 1. The van der Waals surface area contributed by atoms with E-state index in [1.165, 1.54) is 27.8 Å². The Balaban J connectivity index is 1.70. The number of fused-ring (bicyclic) bond motifs is 1. The second-order valence-electron chi connectivity index (χ2n) is 6.08. The maximum absolute atomic E-state index is 5.43. The summed E-state index contributed by atoms with van der Waals surface area (Å²) in [6, 6.07) is 11.0. The number of nitrogens with one attached hydrogen (secondary N) is 1. The van der Waals surface area contributed by atoms with Crippen molar-refractivity contribution >= 4 is 0 Å². The van der Waals surface area contributed by atoms with Crippen LogP contribution in [0.2, 0.25) is 0 Å². The second kappa shape index (κ2) is 6.01. The Morgan fingerprint density at radius 1 is 0.955 bits per heavy atom. The van der Waals surface area contributed by atoms with E-state index in [-0.39, 0.29) is 0 Å². The van der Waals surface area contributed by atoms with Crippen molar-refractivity contribution in [2.45, 2.75) is 40.3 Å². The van der Waals surface area contributed by atoms with E-state index in [2.05, 4.69) is 57.3 Å². The third kappa shape index (κ3) is 2.95. The third-order valence-electron chi connectivity index (χ3n) is 4.40. The van der Waals surface area contributed by atoms with Crippen LogP contribution in [0.5, 0.6) is 11.5 Å². The lowest BCUT2D eigenvalue weighted by Crippen LogP contribution is -2.19. The third-order valence-corrected chi connectivity index (χ3v) is 4.40. The number of ether oxygens (including phenoxy) is 2. The highest BCUT2D eigenvalue weighted by atomic mass is 16.7. The average Bonchev–Trinajstić information content (AvgIpc) is 2.96. The van der Waals surface area contributed by atoms with Crippen LogP contribution < -0.4 is 14.8 Å². The lowest BCUT2D eigenvalue weighted by atomic mass is 9.96. The van der Waals surface area contributed by atoms with Crippen LogP contribution >= 0.6 is 0 Å². The minimum Gasteiger partial charge on any atom is -0.454 e. The average molecular weight is 297 g/mol. The predicted molar refractivity (Wildman–Crippen MR) is 88.5 cm³/mol. The van der Waals surface area contributed by atoms with Crippen molar-refractivity contribution < 1.29 is 9.47 Å². The molecule has 0 amide bonds. The fourth-order valence-electron chi connectivity index (χ4n) is 2.88. The summed E-state index contributed by atoms with van der Waals surface area (Å²) in [6.07, 6.45) is 0. The summed E-state index contributed by atoms with van der Waals surface area (Å²) in [5.41, 5.74) is 6.61. The fraction of sp³-hybridized carbons (Fsp3) is 0.368. The molecule has 0 fully saturated rings. The van der Waals surface area contributed by atoms with Gasteiger partial charge in [-0.3, -0.25) is 0 Å². The minimum absolute atomic E-state index is 0.310. The first-order valence-electron chi connectivity index (χ1n) is 7.74. The van der Waals surface area contributed by atoms with Gasteiger partial charge < -0.3 is 14.8 Å². The van der Waals surface area contributed by atoms with Gasteiger partial charge in [0.15, 0.2) is 11.5 Å². The summed E-state index contributed by atoms with van der Waals surface area (Å²) in [4.78, 5) is 0. The lowest BCUT2D eigenvalue weighted by molar-refractivity contribution is 0.174. The van der Waals surface area contributed by atoms with Gasteiger partial charge in [0.1, 0.15) is 0 Å². The van der Waals surface area contributed by atoms with E-state index in [1.54, 1.807) is 0 Å². The molecule has 1 aliphatic rings. The molecule has 0 bridgehead atoms. The van der Waals surface area contributed by atoms with Gasteiger partial charge in [0, 0.05) is 12.6 Å². The summed E-state index contributed by atoms with van der Waals surface area (Å²) in [7, 11) is 0. The van der Waals surface area contributed by atoms with Crippen molar-refractivity contribution in [1.82, 2.24) is 5.32 Å². The minimum atomic E-state index is 0.310. The zero-order chi connectivity index (χ0) is 15.7. The molecule has 1 atom stereocenters. The smallest absolute Gasteiger partial charge is 0.231 e. The zero-order valence-electron chi connectivity index (χ0n) is 13.7. The van der Waals surface area contributed by atoms with Crippen LogP contribution in [0, 0.1) is 20.8 Å². The number of hydrogen-bond acceptors (Lipinski definition) is 3. The van der Waals surface area contributed by atoms with Crippen molar-refractivity contribution in [1.29, 1.82) is 0 Å². The predicted octanol–water partition coefficient (Wildman–Crippen LogP) is 4.19. The number of aryl methyl sites for hydroxylation is 3. The first-order valence-corrected chi connectivity index (χ1v) is 7.74. The molecular formula is C19H23NO2. The summed E-state index contributed by atoms with van der Waals surface area (Å²) in [5, 5.41) is 3.60. The van der Waals surface area contributed by atoms with Crippen molar-refractivity contribution in [3.8, 4) is 11.5 Å². The van der Waals surface area contributed by atoms with E-state index in [9.17, 15) is 0 Å². The Labute approximate surface area is 132 Å². The maximum Gasteiger partial charge on any atom is 0.231 e.